The topological polar surface area (TPSA) is 64.6 Å². The van der Waals surface area contributed by atoms with Crippen LogP contribution < -0.4 is 10.1 Å². The molecule has 6 heteroatoms. The minimum absolute atomic E-state index is 0.00385. The lowest BCUT2D eigenvalue weighted by Gasteiger charge is -2.29. The highest BCUT2D eigenvalue weighted by atomic mass is 35.5. The Hall–Kier alpha value is -2.53. The van der Waals surface area contributed by atoms with Crippen molar-refractivity contribution < 1.29 is 19.1 Å². The Morgan fingerprint density at radius 2 is 1.79 bits per heavy atom. The van der Waals surface area contributed by atoms with Crippen LogP contribution in [0.2, 0.25) is 5.02 Å². The third-order valence-corrected chi connectivity index (χ3v) is 5.60. The number of carbonyl (C=O) groups excluding carboxylic acids is 2. The normalized spacial score (nSPS) is 18.7. The molecule has 1 amide bonds. The van der Waals surface area contributed by atoms with Crippen LogP contribution in [0.4, 0.5) is 0 Å². The Kier molecular flexibility index (Phi) is 7.15. The van der Waals surface area contributed by atoms with E-state index < -0.39 is 5.97 Å². The smallest absolute Gasteiger partial charge is 0.338 e. The van der Waals surface area contributed by atoms with Crippen LogP contribution in [-0.4, -0.2) is 25.1 Å². The fourth-order valence-corrected chi connectivity index (χ4v) is 3.86. The van der Waals surface area contributed by atoms with Crippen molar-refractivity contribution >= 4 is 23.5 Å². The zero-order valence-electron chi connectivity index (χ0n) is 16.7. The van der Waals surface area contributed by atoms with Gasteiger partial charge in [0, 0.05) is 23.0 Å². The first-order valence-corrected chi connectivity index (χ1v) is 10.2. The van der Waals surface area contributed by atoms with E-state index in [4.69, 9.17) is 21.1 Å². The molecule has 1 N–H and O–H groups in total. The summed E-state index contributed by atoms with van der Waals surface area (Å²) >= 11 is 6.15. The summed E-state index contributed by atoms with van der Waals surface area (Å²) < 4.78 is 11.0. The number of rotatable bonds is 6. The number of hydrogen-bond donors (Lipinski definition) is 1. The van der Waals surface area contributed by atoms with E-state index >= 15 is 0 Å². The summed E-state index contributed by atoms with van der Waals surface area (Å²) in [7, 11) is 1.34. The van der Waals surface area contributed by atoms with Gasteiger partial charge in [-0.2, -0.15) is 0 Å². The summed E-state index contributed by atoms with van der Waals surface area (Å²) in [4.78, 5) is 24.4. The molecule has 1 aliphatic rings. The largest absolute Gasteiger partial charge is 0.490 e. The van der Waals surface area contributed by atoms with Crippen molar-refractivity contribution in [1.82, 2.24) is 5.32 Å². The second-order valence-corrected chi connectivity index (χ2v) is 7.80. The summed E-state index contributed by atoms with van der Waals surface area (Å²) in [5.41, 5.74) is 2.21. The maximum Gasteiger partial charge on any atom is 0.338 e. The predicted molar refractivity (Wildman–Crippen MR) is 112 cm³/mol. The minimum atomic E-state index is -0.436. The molecule has 0 atom stereocenters. The number of benzene rings is 2. The lowest BCUT2D eigenvalue weighted by atomic mass is 9.86. The van der Waals surface area contributed by atoms with Gasteiger partial charge in [0.15, 0.2) is 0 Å². The number of amides is 1. The first-order chi connectivity index (χ1) is 14.0. The Bertz CT molecular complexity index is 861. The maximum atomic E-state index is 12.5. The lowest BCUT2D eigenvalue weighted by molar-refractivity contribution is -0.126. The quantitative estimate of drug-likeness (QED) is 0.695. The first kappa shape index (κ1) is 21.2. The van der Waals surface area contributed by atoms with Crippen molar-refractivity contribution in [3.8, 4) is 5.75 Å². The predicted octanol–water partition coefficient (Wildman–Crippen LogP) is 4.69. The van der Waals surface area contributed by atoms with Crippen molar-refractivity contribution in [3.63, 3.8) is 0 Å². The van der Waals surface area contributed by atoms with Gasteiger partial charge in [0.2, 0.25) is 5.91 Å². The number of halogens is 1. The molecule has 0 heterocycles. The summed E-state index contributed by atoms with van der Waals surface area (Å²) in [6.45, 7) is 2.37. The minimum Gasteiger partial charge on any atom is -0.490 e. The number of methoxy groups -OCH3 is 1. The average molecular weight is 416 g/mol. The molecule has 0 unspecified atom stereocenters. The molecule has 1 aliphatic carbocycles. The van der Waals surface area contributed by atoms with E-state index in [9.17, 15) is 9.59 Å². The van der Waals surface area contributed by atoms with Gasteiger partial charge in [-0.3, -0.25) is 4.79 Å². The average Bonchev–Trinajstić information content (AvgIpc) is 2.75. The van der Waals surface area contributed by atoms with E-state index in [1.165, 1.54) is 7.11 Å². The van der Waals surface area contributed by atoms with Crippen LogP contribution in [0.3, 0.4) is 0 Å². The van der Waals surface area contributed by atoms with Gasteiger partial charge in [0.1, 0.15) is 5.75 Å². The second kappa shape index (κ2) is 9.79. The number of nitrogens with one attached hydrogen (secondary N) is 1. The Morgan fingerprint density at radius 3 is 2.45 bits per heavy atom. The molecule has 0 saturated heterocycles. The van der Waals surface area contributed by atoms with Crippen molar-refractivity contribution in [1.29, 1.82) is 0 Å². The molecule has 0 bridgehead atoms. The van der Waals surface area contributed by atoms with E-state index in [1.807, 2.05) is 37.3 Å². The molecule has 3 rings (SSSR count). The highest BCUT2D eigenvalue weighted by Crippen LogP contribution is 2.32. The summed E-state index contributed by atoms with van der Waals surface area (Å²) in [6.07, 6.45) is 3.10. The van der Waals surface area contributed by atoms with E-state index in [0.717, 1.165) is 31.2 Å². The molecular weight excluding hydrogens is 390 g/mol. The SMILES string of the molecule is COC(=O)c1cc(Cl)cc(O[C@H]2CC[C@H](C(=O)NCc3ccccc3)CC2)c1C. The monoisotopic (exact) mass is 415 g/mol. The van der Waals surface area contributed by atoms with Crippen LogP contribution in [0, 0.1) is 12.8 Å². The summed E-state index contributed by atoms with van der Waals surface area (Å²) in [5, 5.41) is 3.46. The Balaban J connectivity index is 1.54. The van der Waals surface area contributed by atoms with Crippen LogP contribution in [0.15, 0.2) is 42.5 Å². The molecule has 2 aromatic rings. The molecule has 1 fully saturated rings. The zero-order valence-corrected chi connectivity index (χ0v) is 17.5. The fourth-order valence-electron chi connectivity index (χ4n) is 3.65. The number of carbonyl (C=O) groups is 2. The van der Waals surface area contributed by atoms with E-state index in [0.29, 0.717) is 28.4 Å². The first-order valence-electron chi connectivity index (χ1n) is 9.84. The van der Waals surface area contributed by atoms with E-state index in [2.05, 4.69) is 5.32 Å². The third kappa shape index (κ3) is 5.51. The molecule has 154 valence electrons. The molecule has 0 aliphatic heterocycles. The van der Waals surface area contributed by atoms with Crippen LogP contribution in [0.25, 0.3) is 0 Å². The van der Waals surface area contributed by atoms with Gasteiger partial charge < -0.3 is 14.8 Å². The van der Waals surface area contributed by atoms with Gasteiger partial charge in [0.25, 0.3) is 0 Å². The van der Waals surface area contributed by atoms with Gasteiger partial charge in [-0.25, -0.2) is 4.79 Å². The Labute approximate surface area is 176 Å². The Morgan fingerprint density at radius 1 is 1.10 bits per heavy atom. The molecule has 2 aromatic carbocycles. The molecule has 0 radical (unpaired) electrons. The van der Waals surface area contributed by atoms with Gasteiger partial charge >= 0.3 is 5.97 Å². The molecule has 0 aromatic heterocycles. The highest BCUT2D eigenvalue weighted by Gasteiger charge is 2.28. The molecule has 0 spiro atoms. The van der Waals surface area contributed by atoms with E-state index in [1.54, 1.807) is 12.1 Å². The van der Waals surface area contributed by atoms with E-state index in [-0.39, 0.29) is 17.9 Å². The lowest BCUT2D eigenvalue weighted by Crippen LogP contribution is -2.35. The second-order valence-electron chi connectivity index (χ2n) is 7.36. The van der Waals surface area contributed by atoms with Crippen molar-refractivity contribution in [3.05, 3.63) is 64.2 Å². The third-order valence-electron chi connectivity index (χ3n) is 5.38. The molecule has 5 nitrogen and oxygen atoms in total. The number of hydrogen-bond acceptors (Lipinski definition) is 4. The number of esters is 1. The fraction of sp³-hybridized carbons (Fsp3) is 0.391. The van der Waals surface area contributed by atoms with Crippen LogP contribution in [-0.2, 0) is 16.1 Å². The van der Waals surface area contributed by atoms with Gasteiger partial charge in [-0.15, -0.1) is 0 Å². The summed E-state index contributed by atoms with van der Waals surface area (Å²) in [6, 6.07) is 13.2. The highest BCUT2D eigenvalue weighted by molar-refractivity contribution is 6.31. The standard InChI is InChI=1S/C23H26ClNO4/c1-15-20(23(27)28-2)12-18(24)13-21(15)29-19-10-8-17(9-11-19)22(26)25-14-16-6-4-3-5-7-16/h3-7,12-13,17,19H,8-11,14H2,1-2H3,(H,25,26)/t17-,19-. The molecule has 29 heavy (non-hydrogen) atoms. The van der Waals surface area contributed by atoms with Crippen molar-refractivity contribution in [2.75, 3.05) is 7.11 Å². The van der Waals surface area contributed by atoms with Crippen molar-refractivity contribution in [2.45, 2.75) is 45.3 Å². The summed E-state index contributed by atoms with van der Waals surface area (Å²) in [5.74, 6) is 0.257. The molecule has 1 saturated carbocycles. The zero-order chi connectivity index (χ0) is 20.8. The van der Waals surface area contributed by atoms with Crippen LogP contribution in [0.1, 0.15) is 47.2 Å². The van der Waals surface area contributed by atoms with Gasteiger partial charge in [0.05, 0.1) is 18.8 Å². The van der Waals surface area contributed by atoms with Crippen LogP contribution >= 0.6 is 11.6 Å². The van der Waals surface area contributed by atoms with Gasteiger partial charge in [-0.05, 0) is 50.3 Å². The van der Waals surface area contributed by atoms with Crippen LogP contribution in [0.5, 0.6) is 5.75 Å². The maximum absolute atomic E-state index is 12.5. The van der Waals surface area contributed by atoms with Crippen molar-refractivity contribution in [2.24, 2.45) is 5.92 Å². The number of ether oxygens (including phenoxy) is 2. The van der Waals surface area contributed by atoms with Gasteiger partial charge in [-0.1, -0.05) is 41.9 Å². The molecular formula is C23H26ClNO4.